The summed E-state index contributed by atoms with van der Waals surface area (Å²) in [4.78, 5) is 25.5. The predicted octanol–water partition coefficient (Wildman–Crippen LogP) is 6.50. The normalized spacial score (nSPS) is 11.6. The van der Waals surface area contributed by atoms with Gasteiger partial charge >= 0.3 is 5.97 Å². The van der Waals surface area contributed by atoms with Crippen LogP contribution < -0.4 is 10.1 Å². The number of ether oxygens (including phenoxy) is 2. The number of carbonyl (C=O) groups excluding carboxylic acids is 2. The molecule has 0 spiro atoms. The van der Waals surface area contributed by atoms with Crippen LogP contribution in [0.1, 0.15) is 29.2 Å². The summed E-state index contributed by atoms with van der Waals surface area (Å²) >= 11 is 8.48. The molecule has 2 aromatic heterocycles. The van der Waals surface area contributed by atoms with E-state index in [4.69, 9.17) is 21.1 Å². The van der Waals surface area contributed by atoms with Crippen molar-refractivity contribution in [3.05, 3.63) is 89.0 Å². The van der Waals surface area contributed by atoms with Crippen molar-refractivity contribution in [2.45, 2.75) is 24.7 Å². The van der Waals surface area contributed by atoms with E-state index in [9.17, 15) is 9.59 Å². The smallest absolute Gasteiger partial charge is 0.341 e. The Bertz CT molecular complexity index is 1420. The molecule has 4 rings (SSSR count). The lowest BCUT2D eigenvalue weighted by molar-refractivity contribution is -0.113. The van der Waals surface area contributed by atoms with Crippen LogP contribution in [0.25, 0.3) is 11.1 Å². The lowest BCUT2D eigenvalue weighted by atomic mass is 10.0. The topological polar surface area (TPSA) is 95.3 Å². The molecule has 1 amide bonds. The largest absolute Gasteiger partial charge is 0.483 e. The number of aromatic nitrogens is 3. The molecule has 1 unspecified atom stereocenters. The van der Waals surface area contributed by atoms with Gasteiger partial charge in [-0.15, -0.1) is 28.1 Å². The predicted molar refractivity (Wildman–Crippen MR) is 151 cm³/mol. The highest BCUT2D eigenvalue weighted by molar-refractivity contribution is 7.99. The monoisotopic (exact) mass is 568 g/mol. The van der Waals surface area contributed by atoms with E-state index in [1.54, 1.807) is 23.6 Å². The van der Waals surface area contributed by atoms with E-state index >= 15 is 0 Å². The van der Waals surface area contributed by atoms with Gasteiger partial charge in [0, 0.05) is 22.5 Å². The summed E-state index contributed by atoms with van der Waals surface area (Å²) in [7, 11) is 1.31. The third-order valence-electron chi connectivity index (χ3n) is 5.40. The molecule has 2 heterocycles. The standard InChI is InChI=1S/C27H25ClN4O4S2/c1-4-14-32-24(17(2)36-20-8-6-5-7-9-20)30-31-27(32)38-16-22(33)29-25-23(26(34)35-3)21(15-37-25)18-10-12-19(28)13-11-18/h4-13,15,17H,1,14,16H2,2-3H3,(H,29,33). The molecule has 0 saturated carbocycles. The zero-order valence-electron chi connectivity index (χ0n) is 20.7. The minimum absolute atomic E-state index is 0.0536. The van der Waals surface area contributed by atoms with Crippen molar-refractivity contribution < 1.29 is 19.1 Å². The van der Waals surface area contributed by atoms with E-state index in [2.05, 4.69) is 22.1 Å². The number of thioether (sulfide) groups is 1. The summed E-state index contributed by atoms with van der Waals surface area (Å²) in [5.41, 5.74) is 1.74. The van der Waals surface area contributed by atoms with Crippen LogP contribution in [0.15, 0.2) is 77.8 Å². The van der Waals surface area contributed by atoms with Crippen LogP contribution in [0.4, 0.5) is 5.00 Å². The highest BCUT2D eigenvalue weighted by Gasteiger charge is 2.23. The quantitative estimate of drug-likeness (QED) is 0.125. The first-order valence-electron chi connectivity index (χ1n) is 11.5. The number of nitrogens with zero attached hydrogens (tertiary/aromatic N) is 3. The lowest BCUT2D eigenvalue weighted by Crippen LogP contribution is -2.17. The van der Waals surface area contributed by atoms with Crippen LogP contribution in [0.5, 0.6) is 5.75 Å². The Labute approximate surface area is 233 Å². The molecule has 0 aliphatic rings. The van der Waals surface area contributed by atoms with Crippen molar-refractivity contribution in [3.8, 4) is 16.9 Å². The van der Waals surface area contributed by atoms with Crippen molar-refractivity contribution >= 4 is 51.6 Å². The second-order valence-corrected chi connectivity index (χ2v) is 10.3. The Kier molecular flexibility index (Phi) is 9.22. The van der Waals surface area contributed by atoms with E-state index in [1.807, 2.05) is 54.0 Å². The minimum atomic E-state index is -0.540. The highest BCUT2D eigenvalue weighted by Crippen LogP contribution is 2.37. The number of methoxy groups -OCH3 is 1. The number of halogens is 1. The fourth-order valence-electron chi connectivity index (χ4n) is 3.65. The van der Waals surface area contributed by atoms with E-state index < -0.39 is 5.97 Å². The number of benzene rings is 2. The van der Waals surface area contributed by atoms with E-state index in [0.717, 1.165) is 11.3 Å². The number of carbonyl (C=O) groups is 2. The van der Waals surface area contributed by atoms with Gasteiger partial charge in [0.15, 0.2) is 17.1 Å². The second kappa shape index (κ2) is 12.8. The molecule has 0 radical (unpaired) electrons. The molecule has 1 N–H and O–H groups in total. The number of esters is 1. The SMILES string of the molecule is C=CCn1c(SCC(=O)Nc2scc(-c3ccc(Cl)cc3)c2C(=O)OC)nnc1C(C)Oc1ccccc1. The molecule has 0 aliphatic heterocycles. The Morgan fingerprint density at radius 1 is 1.18 bits per heavy atom. The highest BCUT2D eigenvalue weighted by atomic mass is 35.5. The van der Waals surface area contributed by atoms with Crippen LogP contribution in [-0.4, -0.2) is 39.5 Å². The maximum atomic E-state index is 12.9. The van der Waals surface area contributed by atoms with Crippen LogP contribution in [0.2, 0.25) is 5.02 Å². The Balaban J connectivity index is 1.47. The zero-order chi connectivity index (χ0) is 27.1. The van der Waals surface area contributed by atoms with Gasteiger partial charge in [0.1, 0.15) is 16.3 Å². The molecule has 4 aromatic rings. The van der Waals surface area contributed by atoms with Gasteiger partial charge in [-0.1, -0.05) is 59.8 Å². The number of thiophene rings is 1. The number of para-hydroxylation sites is 1. The van der Waals surface area contributed by atoms with Gasteiger partial charge in [0.05, 0.1) is 12.9 Å². The molecular weight excluding hydrogens is 544 g/mol. The molecule has 0 fully saturated rings. The van der Waals surface area contributed by atoms with Crippen LogP contribution >= 0.6 is 34.7 Å². The van der Waals surface area contributed by atoms with Crippen LogP contribution in [0.3, 0.4) is 0 Å². The molecule has 8 nitrogen and oxygen atoms in total. The second-order valence-electron chi connectivity index (χ2n) is 8.00. The fourth-order valence-corrected chi connectivity index (χ4v) is 5.51. The van der Waals surface area contributed by atoms with Crippen molar-refractivity contribution in [1.82, 2.24) is 14.8 Å². The Morgan fingerprint density at radius 3 is 2.61 bits per heavy atom. The van der Waals surface area contributed by atoms with Crippen molar-refractivity contribution in [3.63, 3.8) is 0 Å². The van der Waals surface area contributed by atoms with Gasteiger partial charge < -0.3 is 14.8 Å². The van der Waals surface area contributed by atoms with Gasteiger partial charge in [0.25, 0.3) is 0 Å². The van der Waals surface area contributed by atoms with Crippen LogP contribution in [-0.2, 0) is 16.1 Å². The van der Waals surface area contributed by atoms with Gasteiger partial charge in [0.2, 0.25) is 5.91 Å². The molecule has 38 heavy (non-hydrogen) atoms. The zero-order valence-corrected chi connectivity index (χ0v) is 23.1. The first kappa shape index (κ1) is 27.4. The number of rotatable bonds is 11. The van der Waals surface area contributed by atoms with Gasteiger partial charge in [-0.25, -0.2) is 4.79 Å². The maximum Gasteiger partial charge on any atom is 0.341 e. The van der Waals surface area contributed by atoms with Crippen LogP contribution in [0, 0.1) is 0 Å². The van der Waals surface area contributed by atoms with E-state index in [1.165, 1.54) is 30.2 Å². The van der Waals surface area contributed by atoms with Gasteiger partial charge in [-0.05, 0) is 36.8 Å². The number of hydrogen-bond acceptors (Lipinski definition) is 8. The summed E-state index contributed by atoms with van der Waals surface area (Å²) in [5, 5.41) is 14.8. The number of anilines is 1. The minimum Gasteiger partial charge on any atom is -0.483 e. The molecule has 11 heteroatoms. The molecular formula is C27H25ClN4O4S2. The number of allylic oxidation sites excluding steroid dienone is 1. The summed E-state index contributed by atoms with van der Waals surface area (Å²) in [5.74, 6) is 0.556. The number of amides is 1. The summed E-state index contributed by atoms with van der Waals surface area (Å²) < 4.78 is 12.8. The van der Waals surface area contributed by atoms with Gasteiger partial charge in [-0.3, -0.25) is 9.36 Å². The van der Waals surface area contributed by atoms with Crippen molar-refractivity contribution in [2.24, 2.45) is 0 Å². The maximum absolute atomic E-state index is 12.9. The molecule has 0 aliphatic carbocycles. The Hall–Kier alpha value is -3.60. The molecule has 0 bridgehead atoms. The fraction of sp³-hybridized carbons (Fsp3) is 0.185. The van der Waals surface area contributed by atoms with Crippen molar-refractivity contribution in [2.75, 3.05) is 18.2 Å². The molecule has 196 valence electrons. The summed E-state index contributed by atoms with van der Waals surface area (Å²) in [6, 6.07) is 16.6. The first-order valence-corrected chi connectivity index (χ1v) is 13.8. The molecule has 2 aromatic carbocycles. The average molecular weight is 569 g/mol. The van der Waals surface area contributed by atoms with E-state index in [0.29, 0.717) is 38.7 Å². The summed E-state index contributed by atoms with van der Waals surface area (Å²) in [6.07, 6.45) is 1.37. The third kappa shape index (κ3) is 6.45. The number of hydrogen-bond donors (Lipinski definition) is 1. The average Bonchev–Trinajstić information content (AvgIpc) is 3.52. The molecule has 0 saturated heterocycles. The number of nitrogens with one attached hydrogen (secondary N) is 1. The lowest BCUT2D eigenvalue weighted by Gasteiger charge is -2.15. The summed E-state index contributed by atoms with van der Waals surface area (Å²) in [6.45, 7) is 6.17. The Morgan fingerprint density at radius 2 is 1.92 bits per heavy atom. The van der Waals surface area contributed by atoms with E-state index in [-0.39, 0.29) is 17.8 Å². The first-order chi connectivity index (χ1) is 18.4. The van der Waals surface area contributed by atoms with Gasteiger partial charge in [-0.2, -0.15) is 0 Å². The third-order valence-corrected chi connectivity index (χ3v) is 7.51. The van der Waals surface area contributed by atoms with Crippen molar-refractivity contribution in [1.29, 1.82) is 0 Å². The molecule has 1 atom stereocenters.